The molecule has 2 nitrogen and oxygen atoms in total. The van der Waals surface area contributed by atoms with Crippen LogP contribution >= 0.6 is 11.6 Å². The minimum atomic E-state index is 0.736. The van der Waals surface area contributed by atoms with E-state index in [1.807, 2.05) is 31.3 Å². The second kappa shape index (κ2) is 13.5. The number of hydrogen-bond acceptors (Lipinski definition) is 1. The molecule has 2 aliphatic rings. The predicted molar refractivity (Wildman–Crippen MR) is 188 cm³/mol. The van der Waals surface area contributed by atoms with E-state index in [9.17, 15) is 0 Å². The summed E-state index contributed by atoms with van der Waals surface area (Å²) in [7, 11) is 0. The van der Waals surface area contributed by atoms with Crippen LogP contribution in [0.2, 0.25) is 5.02 Å². The first-order valence-corrected chi connectivity index (χ1v) is 15.7. The number of halogens is 1. The van der Waals surface area contributed by atoms with Gasteiger partial charge in [-0.25, -0.2) is 0 Å². The van der Waals surface area contributed by atoms with E-state index in [0.29, 0.717) is 0 Å². The summed E-state index contributed by atoms with van der Waals surface area (Å²) in [5.41, 5.74) is 19.7. The maximum Gasteiger partial charge on any atom is 0.0659 e. The Hall–Kier alpha value is -4.10. The summed E-state index contributed by atoms with van der Waals surface area (Å²) >= 11 is 6.66. The highest BCUT2D eigenvalue weighted by atomic mass is 35.5. The molecule has 0 fully saturated rings. The summed E-state index contributed by atoms with van der Waals surface area (Å²) < 4.78 is 0. The topological polar surface area (TPSA) is 28.1 Å². The van der Waals surface area contributed by atoms with Crippen molar-refractivity contribution in [1.29, 1.82) is 0 Å². The SMILES string of the molecule is C=C/C=C(/C)N=C(C=C)C1=CCCC2=C=C(C)/C(=C\c3c(CC)cccc3CC)CC(c3ccc(Cl)c4[nH]ccc34)=C2C1. The van der Waals surface area contributed by atoms with Crippen LogP contribution in [0, 0.1) is 0 Å². The molecule has 1 aromatic heterocycles. The summed E-state index contributed by atoms with van der Waals surface area (Å²) in [6.45, 7) is 16.7. The van der Waals surface area contributed by atoms with Gasteiger partial charge in [0, 0.05) is 23.7 Å². The van der Waals surface area contributed by atoms with Crippen LogP contribution in [0.25, 0.3) is 22.6 Å². The molecule has 0 spiro atoms. The monoisotopic (exact) mass is 584 g/mol. The van der Waals surface area contributed by atoms with Gasteiger partial charge >= 0.3 is 0 Å². The van der Waals surface area contributed by atoms with E-state index in [0.717, 1.165) is 65.9 Å². The average molecular weight is 585 g/mol. The van der Waals surface area contributed by atoms with Gasteiger partial charge in [0.05, 0.1) is 16.3 Å². The van der Waals surface area contributed by atoms with Gasteiger partial charge in [-0.15, -0.1) is 5.73 Å². The molecule has 218 valence electrons. The molecule has 2 aromatic carbocycles. The van der Waals surface area contributed by atoms with E-state index in [4.69, 9.17) is 16.6 Å². The van der Waals surface area contributed by atoms with E-state index in [2.05, 4.69) is 87.1 Å². The first kappa shape index (κ1) is 30.4. The van der Waals surface area contributed by atoms with Crippen LogP contribution in [-0.4, -0.2) is 10.7 Å². The molecule has 0 unspecified atom stereocenters. The molecule has 1 N–H and O–H groups in total. The maximum absolute atomic E-state index is 6.66. The van der Waals surface area contributed by atoms with Crippen molar-refractivity contribution in [2.75, 3.05) is 0 Å². The van der Waals surface area contributed by atoms with Crippen LogP contribution in [-0.2, 0) is 12.8 Å². The minimum Gasteiger partial charge on any atom is -0.360 e. The summed E-state index contributed by atoms with van der Waals surface area (Å²) in [5, 5.41) is 1.88. The number of aliphatic imine (C=N–C) groups is 1. The smallest absolute Gasteiger partial charge is 0.0659 e. The molecule has 0 radical (unpaired) electrons. The number of aromatic amines is 1. The van der Waals surface area contributed by atoms with Crippen molar-refractivity contribution in [3.63, 3.8) is 0 Å². The van der Waals surface area contributed by atoms with Crippen LogP contribution in [0.15, 0.2) is 124 Å². The van der Waals surface area contributed by atoms with Gasteiger partial charge in [0.2, 0.25) is 0 Å². The van der Waals surface area contributed by atoms with Crippen molar-refractivity contribution in [3.05, 3.63) is 147 Å². The second-order valence-electron chi connectivity index (χ2n) is 11.3. The van der Waals surface area contributed by atoms with Gasteiger partial charge in [0.15, 0.2) is 0 Å². The fraction of sp³-hybridized carbons (Fsp3) is 0.250. The highest BCUT2D eigenvalue weighted by molar-refractivity contribution is 6.35. The quantitative estimate of drug-likeness (QED) is 0.155. The zero-order valence-corrected chi connectivity index (χ0v) is 26.7. The van der Waals surface area contributed by atoms with Gasteiger partial charge < -0.3 is 4.98 Å². The highest BCUT2D eigenvalue weighted by Gasteiger charge is 2.25. The van der Waals surface area contributed by atoms with Crippen molar-refractivity contribution in [1.82, 2.24) is 4.98 Å². The van der Waals surface area contributed by atoms with Crippen LogP contribution in [0.1, 0.15) is 75.6 Å². The fourth-order valence-electron chi connectivity index (χ4n) is 6.36. The normalized spacial score (nSPS) is 17.2. The molecule has 0 saturated carbocycles. The summed E-state index contributed by atoms with van der Waals surface area (Å²) in [6.07, 6.45) is 17.8. The van der Waals surface area contributed by atoms with E-state index < -0.39 is 0 Å². The molecular formula is C40H41ClN2. The molecule has 0 saturated heterocycles. The van der Waals surface area contributed by atoms with Crippen LogP contribution in [0.4, 0.5) is 0 Å². The lowest BCUT2D eigenvalue weighted by Crippen LogP contribution is -2.03. The number of aryl methyl sites for hydroxylation is 2. The van der Waals surface area contributed by atoms with Crippen molar-refractivity contribution in [3.8, 4) is 0 Å². The van der Waals surface area contributed by atoms with Gasteiger partial charge in [0.25, 0.3) is 0 Å². The molecule has 43 heavy (non-hydrogen) atoms. The Labute approximate surface area is 262 Å². The van der Waals surface area contributed by atoms with E-state index in [1.165, 1.54) is 55.7 Å². The van der Waals surface area contributed by atoms with Gasteiger partial charge in [-0.3, -0.25) is 4.99 Å². The Balaban J connectivity index is 1.76. The number of benzene rings is 2. The number of fused-ring (bicyclic) bond motifs is 2. The summed E-state index contributed by atoms with van der Waals surface area (Å²) in [5.74, 6) is 0. The maximum atomic E-state index is 6.66. The average Bonchev–Trinajstić information content (AvgIpc) is 3.37. The van der Waals surface area contributed by atoms with Crippen molar-refractivity contribution in [2.24, 2.45) is 4.99 Å². The molecule has 0 amide bonds. The van der Waals surface area contributed by atoms with Crippen LogP contribution < -0.4 is 0 Å². The van der Waals surface area contributed by atoms with E-state index in [1.54, 1.807) is 6.08 Å². The molecule has 0 atom stereocenters. The van der Waals surface area contributed by atoms with Gasteiger partial charge in [-0.05, 0) is 132 Å². The summed E-state index contributed by atoms with van der Waals surface area (Å²) in [4.78, 5) is 8.29. The number of nitrogens with zero attached hydrogens (tertiary/aromatic N) is 1. The molecule has 1 heterocycles. The van der Waals surface area contributed by atoms with Gasteiger partial charge in [-0.1, -0.05) is 75.0 Å². The highest BCUT2D eigenvalue weighted by Crippen LogP contribution is 2.43. The second-order valence-corrected chi connectivity index (χ2v) is 11.7. The van der Waals surface area contributed by atoms with Crippen LogP contribution in [0.5, 0.6) is 0 Å². The number of nitrogens with one attached hydrogen (secondary N) is 1. The molecule has 3 aromatic rings. The Morgan fingerprint density at radius 3 is 2.51 bits per heavy atom. The Morgan fingerprint density at radius 1 is 1.05 bits per heavy atom. The molecule has 0 bridgehead atoms. The third kappa shape index (κ3) is 6.32. The number of rotatable bonds is 8. The third-order valence-corrected chi connectivity index (χ3v) is 8.93. The predicted octanol–water partition coefficient (Wildman–Crippen LogP) is 11.5. The zero-order chi connectivity index (χ0) is 30.5. The van der Waals surface area contributed by atoms with Gasteiger partial charge in [-0.2, -0.15) is 0 Å². The number of aromatic nitrogens is 1. The zero-order valence-electron chi connectivity index (χ0n) is 25.9. The van der Waals surface area contributed by atoms with Gasteiger partial charge in [0.1, 0.15) is 0 Å². The standard InChI is InChI=1S/C40H41ClN2/c1-7-13-27(6)43-39(10-4)31-17-12-16-30-22-26(5)32(24-35-28(8-2)14-11-15-29(35)9-3)25-37(36(30)23-31)33-18-19-38(41)40-34(33)20-21-42-40/h7,10-11,13-15,17-21,24,42H,1,4,8-9,12,16,23,25H2,2-3,5-6H3/b27-13-,32-24-,43-39?. The van der Waals surface area contributed by atoms with Crippen molar-refractivity contribution >= 4 is 39.9 Å². The third-order valence-electron chi connectivity index (χ3n) is 8.61. The first-order chi connectivity index (χ1) is 20.9. The number of H-pyrrole nitrogens is 1. The van der Waals surface area contributed by atoms with Crippen molar-refractivity contribution in [2.45, 2.75) is 66.2 Å². The lowest BCUT2D eigenvalue weighted by atomic mass is 9.85. The van der Waals surface area contributed by atoms with E-state index in [-0.39, 0.29) is 0 Å². The fourth-order valence-corrected chi connectivity index (χ4v) is 6.58. The lowest BCUT2D eigenvalue weighted by molar-refractivity contribution is 1.00. The summed E-state index contributed by atoms with van der Waals surface area (Å²) in [6, 6.07) is 13.1. The Morgan fingerprint density at radius 2 is 1.81 bits per heavy atom. The molecule has 5 rings (SSSR count). The Kier molecular flexibility index (Phi) is 9.51. The molecule has 0 aliphatic heterocycles. The molecule has 2 aliphatic carbocycles. The molecule has 3 heteroatoms. The van der Waals surface area contributed by atoms with Crippen molar-refractivity contribution < 1.29 is 0 Å². The first-order valence-electron chi connectivity index (χ1n) is 15.3. The minimum absolute atomic E-state index is 0.736. The number of allylic oxidation sites excluding steroid dienone is 10. The van der Waals surface area contributed by atoms with Crippen LogP contribution in [0.3, 0.4) is 0 Å². The number of hydrogen-bond donors (Lipinski definition) is 1. The largest absolute Gasteiger partial charge is 0.360 e. The van der Waals surface area contributed by atoms with E-state index >= 15 is 0 Å². The Bertz CT molecular complexity index is 1800. The molecular weight excluding hydrogens is 544 g/mol. The lowest BCUT2D eigenvalue weighted by Gasteiger charge is -2.19.